The lowest BCUT2D eigenvalue weighted by molar-refractivity contribution is 0.860. The lowest BCUT2D eigenvalue weighted by atomic mass is 10.1. The lowest BCUT2D eigenvalue weighted by Crippen LogP contribution is -2.10. The fourth-order valence-electron chi connectivity index (χ4n) is 2.96. The summed E-state index contributed by atoms with van der Waals surface area (Å²) >= 11 is 2.27. The van der Waals surface area contributed by atoms with Crippen molar-refractivity contribution in [2.45, 2.75) is 19.9 Å². The Labute approximate surface area is 165 Å². The van der Waals surface area contributed by atoms with Gasteiger partial charge >= 0.3 is 0 Å². The third-order valence-electron chi connectivity index (χ3n) is 4.36. The molecule has 3 heterocycles. The highest BCUT2D eigenvalue weighted by Gasteiger charge is 2.14. The van der Waals surface area contributed by atoms with E-state index in [0.717, 1.165) is 26.2 Å². The van der Waals surface area contributed by atoms with E-state index in [4.69, 9.17) is 4.98 Å². The van der Waals surface area contributed by atoms with E-state index < -0.39 is 0 Å². The average Bonchev–Trinajstić information content (AvgIpc) is 3.09. The maximum atomic E-state index is 4.77. The molecule has 0 unspecified atom stereocenters. The van der Waals surface area contributed by atoms with Crippen molar-refractivity contribution >= 4 is 34.2 Å². The molecule has 0 aliphatic heterocycles. The number of benzene rings is 1. The first-order chi connectivity index (χ1) is 12.6. The number of nitrogens with one attached hydrogen (secondary N) is 1. The highest BCUT2D eigenvalue weighted by molar-refractivity contribution is 14.1. The number of imidazole rings is 1. The smallest absolute Gasteiger partial charge is 0.223 e. The molecule has 0 amide bonds. The van der Waals surface area contributed by atoms with Crippen LogP contribution in [0.25, 0.3) is 17.0 Å². The molecule has 1 N–H and O–H groups in total. The van der Waals surface area contributed by atoms with Crippen molar-refractivity contribution in [3.8, 4) is 11.4 Å². The summed E-state index contributed by atoms with van der Waals surface area (Å²) in [4.78, 5) is 13.8. The van der Waals surface area contributed by atoms with E-state index in [-0.39, 0.29) is 6.04 Å². The Hall–Kier alpha value is -2.48. The molecule has 0 fully saturated rings. The standard InChI is InChI=1S/C20H18IN5/c1-13-7-6-10-26-17(12-22-19(13)26)18-16(21)11-23-20(25-18)24-14(2)15-8-4-3-5-9-15/h3-12,14H,1-2H3,(H,23,24,25)/t14-/m0/s1. The van der Waals surface area contributed by atoms with Crippen LogP contribution in [0.4, 0.5) is 5.95 Å². The number of aryl methyl sites for hydroxylation is 1. The molecule has 0 bridgehead atoms. The van der Waals surface area contributed by atoms with Crippen molar-refractivity contribution in [2.24, 2.45) is 0 Å². The van der Waals surface area contributed by atoms with Gasteiger partial charge in [0.15, 0.2) is 0 Å². The van der Waals surface area contributed by atoms with Crippen molar-refractivity contribution in [3.05, 3.63) is 75.8 Å². The van der Waals surface area contributed by atoms with E-state index in [0.29, 0.717) is 5.95 Å². The van der Waals surface area contributed by atoms with Crippen LogP contribution in [0.2, 0.25) is 0 Å². The van der Waals surface area contributed by atoms with Crippen molar-refractivity contribution in [1.29, 1.82) is 0 Å². The molecule has 130 valence electrons. The zero-order valence-electron chi connectivity index (χ0n) is 14.5. The van der Waals surface area contributed by atoms with Gasteiger partial charge in [-0.3, -0.25) is 4.40 Å². The summed E-state index contributed by atoms with van der Waals surface area (Å²) < 4.78 is 3.06. The SMILES string of the molecule is Cc1cccn2c(-c3nc(N[C@@H](C)c4ccccc4)ncc3I)cnc12. The number of aromatic nitrogens is 4. The van der Waals surface area contributed by atoms with Gasteiger partial charge in [0.1, 0.15) is 11.3 Å². The minimum atomic E-state index is 0.119. The molecule has 6 heteroatoms. The first-order valence-electron chi connectivity index (χ1n) is 8.40. The van der Waals surface area contributed by atoms with E-state index >= 15 is 0 Å². The van der Waals surface area contributed by atoms with E-state index in [1.54, 1.807) is 0 Å². The lowest BCUT2D eigenvalue weighted by Gasteiger charge is -2.15. The largest absolute Gasteiger partial charge is 0.348 e. The number of rotatable bonds is 4. The van der Waals surface area contributed by atoms with Crippen LogP contribution in [-0.4, -0.2) is 19.4 Å². The molecular formula is C20H18IN5. The summed E-state index contributed by atoms with van der Waals surface area (Å²) in [5.74, 6) is 0.611. The molecule has 0 spiro atoms. The number of hydrogen-bond acceptors (Lipinski definition) is 4. The van der Waals surface area contributed by atoms with E-state index in [2.05, 4.69) is 74.3 Å². The second-order valence-electron chi connectivity index (χ2n) is 6.20. The Kier molecular flexibility index (Phi) is 4.58. The van der Waals surface area contributed by atoms with Gasteiger partial charge in [0, 0.05) is 12.4 Å². The average molecular weight is 455 g/mol. The number of anilines is 1. The van der Waals surface area contributed by atoms with E-state index in [9.17, 15) is 0 Å². The maximum Gasteiger partial charge on any atom is 0.223 e. The van der Waals surface area contributed by atoms with Gasteiger partial charge in [0.2, 0.25) is 5.95 Å². The Bertz CT molecular complexity index is 1060. The number of nitrogens with zero attached hydrogens (tertiary/aromatic N) is 4. The van der Waals surface area contributed by atoms with Crippen molar-refractivity contribution in [2.75, 3.05) is 5.32 Å². The van der Waals surface area contributed by atoms with Crippen molar-refractivity contribution in [1.82, 2.24) is 19.4 Å². The zero-order chi connectivity index (χ0) is 18.1. The molecule has 1 atom stereocenters. The Morgan fingerprint density at radius 1 is 1.04 bits per heavy atom. The molecule has 0 saturated carbocycles. The second kappa shape index (κ2) is 7.03. The van der Waals surface area contributed by atoms with E-state index in [1.807, 2.05) is 42.9 Å². The van der Waals surface area contributed by atoms with Gasteiger partial charge in [0.25, 0.3) is 0 Å². The minimum absolute atomic E-state index is 0.119. The summed E-state index contributed by atoms with van der Waals surface area (Å²) in [6.07, 6.45) is 5.73. The summed E-state index contributed by atoms with van der Waals surface area (Å²) in [7, 11) is 0. The number of halogens is 1. The quantitative estimate of drug-likeness (QED) is 0.446. The van der Waals surface area contributed by atoms with Crippen LogP contribution >= 0.6 is 22.6 Å². The van der Waals surface area contributed by atoms with Crippen LogP contribution in [0, 0.1) is 10.5 Å². The first-order valence-corrected chi connectivity index (χ1v) is 9.48. The zero-order valence-corrected chi connectivity index (χ0v) is 16.7. The topological polar surface area (TPSA) is 55.1 Å². The molecule has 1 aromatic carbocycles. The molecule has 0 radical (unpaired) electrons. The molecule has 4 aromatic rings. The fourth-order valence-corrected chi connectivity index (χ4v) is 3.50. The number of fused-ring (bicyclic) bond motifs is 1. The molecular weight excluding hydrogens is 437 g/mol. The number of hydrogen-bond donors (Lipinski definition) is 1. The molecule has 3 aromatic heterocycles. The third-order valence-corrected chi connectivity index (χ3v) is 5.15. The molecule has 0 aliphatic rings. The van der Waals surface area contributed by atoms with Crippen LogP contribution in [0.3, 0.4) is 0 Å². The Morgan fingerprint density at radius 3 is 2.65 bits per heavy atom. The van der Waals surface area contributed by atoms with Crippen LogP contribution in [0.5, 0.6) is 0 Å². The van der Waals surface area contributed by atoms with Crippen LogP contribution < -0.4 is 5.32 Å². The monoisotopic (exact) mass is 455 g/mol. The van der Waals surface area contributed by atoms with Crippen molar-refractivity contribution < 1.29 is 0 Å². The van der Waals surface area contributed by atoms with Crippen LogP contribution in [0.15, 0.2) is 61.1 Å². The van der Waals surface area contributed by atoms with Gasteiger partial charge in [-0.25, -0.2) is 15.0 Å². The van der Waals surface area contributed by atoms with Gasteiger partial charge in [-0.2, -0.15) is 0 Å². The highest BCUT2D eigenvalue weighted by Crippen LogP contribution is 2.26. The van der Waals surface area contributed by atoms with Gasteiger partial charge < -0.3 is 5.32 Å². The minimum Gasteiger partial charge on any atom is -0.348 e. The molecule has 5 nitrogen and oxygen atoms in total. The summed E-state index contributed by atoms with van der Waals surface area (Å²) in [6.45, 7) is 4.17. The predicted molar refractivity (Wildman–Crippen MR) is 112 cm³/mol. The van der Waals surface area contributed by atoms with Gasteiger partial charge in [-0.05, 0) is 53.6 Å². The van der Waals surface area contributed by atoms with Crippen molar-refractivity contribution in [3.63, 3.8) is 0 Å². The van der Waals surface area contributed by atoms with Gasteiger partial charge in [-0.15, -0.1) is 0 Å². The van der Waals surface area contributed by atoms with Crippen LogP contribution in [-0.2, 0) is 0 Å². The number of pyridine rings is 1. The maximum absolute atomic E-state index is 4.77. The fraction of sp³-hybridized carbons (Fsp3) is 0.150. The third kappa shape index (κ3) is 3.16. The predicted octanol–water partition coefficient (Wildman–Crippen LogP) is 4.88. The molecule has 26 heavy (non-hydrogen) atoms. The summed E-state index contributed by atoms with van der Waals surface area (Å²) in [5.41, 5.74) is 5.12. The normalized spacial score (nSPS) is 12.3. The molecule has 0 saturated heterocycles. The van der Waals surface area contributed by atoms with Gasteiger partial charge in [0.05, 0.1) is 21.5 Å². The van der Waals surface area contributed by atoms with Crippen LogP contribution in [0.1, 0.15) is 24.1 Å². The molecule has 4 rings (SSSR count). The molecule has 0 aliphatic carbocycles. The van der Waals surface area contributed by atoms with E-state index in [1.165, 1.54) is 5.56 Å². The highest BCUT2D eigenvalue weighted by atomic mass is 127. The van der Waals surface area contributed by atoms with Gasteiger partial charge in [-0.1, -0.05) is 36.4 Å². The summed E-state index contributed by atoms with van der Waals surface area (Å²) in [5, 5.41) is 3.39. The summed E-state index contributed by atoms with van der Waals surface area (Å²) in [6, 6.07) is 14.5. The second-order valence-corrected chi connectivity index (χ2v) is 7.36. The first kappa shape index (κ1) is 17.0. The Morgan fingerprint density at radius 2 is 1.85 bits per heavy atom. The Balaban J connectivity index is 1.71.